The van der Waals surface area contributed by atoms with Crippen LogP contribution in [0.2, 0.25) is 0 Å². The second kappa shape index (κ2) is 5.48. The van der Waals surface area contributed by atoms with Crippen LogP contribution >= 0.6 is 0 Å². The highest BCUT2D eigenvalue weighted by Gasteiger charge is 2.29. The second-order valence-corrected chi connectivity index (χ2v) is 5.08. The number of likely N-dealkylation sites (N-methyl/N-ethyl adjacent to an activating group) is 1. The van der Waals surface area contributed by atoms with Gasteiger partial charge in [0.25, 0.3) is 0 Å². The third kappa shape index (κ3) is 2.66. The van der Waals surface area contributed by atoms with Crippen molar-refractivity contribution in [2.75, 3.05) is 17.7 Å². The summed E-state index contributed by atoms with van der Waals surface area (Å²) >= 11 is 0. The van der Waals surface area contributed by atoms with E-state index in [4.69, 9.17) is 5.73 Å². The zero-order valence-corrected chi connectivity index (χ0v) is 11.0. The number of carboxylic acid groups (broad SMARTS) is 1. The van der Waals surface area contributed by atoms with Crippen molar-refractivity contribution in [1.82, 2.24) is 0 Å². The number of aromatic carboxylic acids is 1. The molecule has 2 unspecified atom stereocenters. The van der Waals surface area contributed by atoms with E-state index in [0.717, 1.165) is 25.7 Å². The average molecular weight is 264 g/mol. The van der Waals surface area contributed by atoms with Gasteiger partial charge in [0.1, 0.15) is 0 Å². The third-order valence-electron chi connectivity index (χ3n) is 3.84. The van der Waals surface area contributed by atoms with Crippen molar-refractivity contribution >= 4 is 17.3 Å². The quantitative estimate of drug-likeness (QED) is 0.723. The normalized spacial score (nSPS) is 23.1. The van der Waals surface area contributed by atoms with Crippen LogP contribution in [0.4, 0.5) is 11.4 Å². The van der Waals surface area contributed by atoms with Crippen molar-refractivity contribution < 1.29 is 15.0 Å². The van der Waals surface area contributed by atoms with Crippen molar-refractivity contribution in [2.45, 2.75) is 37.8 Å². The van der Waals surface area contributed by atoms with Crippen LogP contribution in [0.1, 0.15) is 36.0 Å². The molecule has 1 fully saturated rings. The zero-order chi connectivity index (χ0) is 14.0. The fraction of sp³-hybridized carbons (Fsp3) is 0.500. The molecule has 0 saturated heterocycles. The number of anilines is 2. The van der Waals surface area contributed by atoms with Crippen LogP contribution in [-0.4, -0.2) is 35.4 Å². The Kier molecular flexibility index (Phi) is 3.95. The number of nitrogens with zero attached hydrogens (tertiary/aromatic N) is 1. The number of benzene rings is 1. The summed E-state index contributed by atoms with van der Waals surface area (Å²) in [5.41, 5.74) is 7.04. The minimum atomic E-state index is -1.00. The van der Waals surface area contributed by atoms with Gasteiger partial charge in [0.2, 0.25) is 0 Å². The number of carbonyl (C=O) groups is 1. The molecule has 0 radical (unpaired) electrons. The summed E-state index contributed by atoms with van der Waals surface area (Å²) in [4.78, 5) is 13.1. The van der Waals surface area contributed by atoms with E-state index in [1.807, 2.05) is 4.90 Å². The first kappa shape index (κ1) is 13.7. The summed E-state index contributed by atoms with van der Waals surface area (Å²) < 4.78 is 0. The Balaban J connectivity index is 2.37. The van der Waals surface area contributed by atoms with Gasteiger partial charge in [-0.3, -0.25) is 0 Å². The lowest BCUT2D eigenvalue weighted by atomic mass is 9.91. The largest absolute Gasteiger partial charge is 0.478 e. The summed E-state index contributed by atoms with van der Waals surface area (Å²) in [5.74, 6) is -1.00. The molecule has 2 atom stereocenters. The Hall–Kier alpha value is -1.75. The van der Waals surface area contributed by atoms with Crippen molar-refractivity contribution in [3.8, 4) is 0 Å². The Bertz CT molecular complexity index is 476. The predicted octanol–water partition coefficient (Wildman–Crippen LogP) is 1.71. The van der Waals surface area contributed by atoms with E-state index >= 15 is 0 Å². The van der Waals surface area contributed by atoms with Crippen LogP contribution in [-0.2, 0) is 0 Å². The molecule has 1 aliphatic carbocycles. The molecule has 1 aliphatic rings. The van der Waals surface area contributed by atoms with Crippen LogP contribution in [0.5, 0.6) is 0 Å². The number of nitrogens with two attached hydrogens (primary N) is 1. The Labute approximate surface area is 112 Å². The lowest BCUT2D eigenvalue weighted by Crippen LogP contribution is -2.44. The van der Waals surface area contributed by atoms with Gasteiger partial charge in [-0.1, -0.05) is 18.9 Å². The summed E-state index contributed by atoms with van der Waals surface area (Å²) in [6.07, 6.45) is 3.23. The molecule has 0 aromatic heterocycles. The lowest BCUT2D eigenvalue weighted by Gasteiger charge is -2.37. The molecule has 0 spiro atoms. The minimum Gasteiger partial charge on any atom is -0.478 e. The van der Waals surface area contributed by atoms with Gasteiger partial charge in [-0.05, 0) is 25.0 Å². The molecule has 5 heteroatoms. The second-order valence-electron chi connectivity index (χ2n) is 5.08. The van der Waals surface area contributed by atoms with Gasteiger partial charge >= 0.3 is 5.97 Å². The zero-order valence-electron chi connectivity index (χ0n) is 11.0. The fourth-order valence-electron chi connectivity index (χ4n) is 2.84. The molecule has 0 bridgehead atoms. The highest BCUT2D eigenvalue weighted by molar-refractivity contribution is 5.98. The van der Waals surface area contributed by atoms with E-state index in [0.29, 0.717) is 11.4 Å². The number of rotatable bonds is 3. The van der Waals surface area contributed by atoms with Crippen LogP contribution < -0.4 is 10.6 Å². The summed E-state index contributed by atoms with van der Waals surface area (Å²) in [6.45, 7) is 0. The number of hydrogen-bond donors (Lipinski definition) is 3. The maximum atomic E-state index is 11.3. The van der Waals surface area contributed by atoms with E-state index in [9.17, 15) is 15.0 Å². The van der Waals surface area contributed by atoms with Gasteiger partial charge < -0.3 is 20.8 Å². The van der Waals surface area contributed by atoms with Gasteiger partial charge in [-0.15, -0.1) is 0 Å². The number of para-hydroxylation sites is 1. The molecule has 1 aromatic rings. The Morgan fingerprint density at radius 3 is 2.68 bits per heavy atom. The molecule has 2 rings (SSSR count). The van der Waals surface area contributed by atoms with Crippen LogP contribution in [0, 0.1) is 0 Å². The van der Waals surface area contributed by atoms with Crippen LogP contribution in [0.15, 0.2) is 18.2 Å². The van der Waals surface area contributed by atoms with E-state index in [1.165, 1.54) is 0 Å². The summed E-state index contributed by atoms with van der Waals surface area (Å²) in [6, 6.07) is 4.79. The molecular weight excluding hydrogens is 244 g/mol. The van der Waals surface area contributed by atoms with Gasteiger partial charge in [0.15, 0.2) is 0 Å². The molecule has 4 N–H and O–H groups in total. The number of nitrogen functional groups attached to an aromatic ring is 1. The first-order valence-electron chi connectivity index (χ1n) is 6.55. The van der Waals surface area contributed by atoms with Crippen molar-refractivity contribution in [1.29, 1.82) is 0 Å². The van der Waals surface area contributed by atoms with E-state index in [2.05, 4.69) is 0 Å². The average Bonchev–Trinajstić information content (AvgIpc) is 2.38. The predicted molar refractivity (Wildman–Crippen MR) is 74.5 cm³/mol. The Morgan fingerprint density at radius 2 is 2.05 bits per heavy atom. The third-order valence-corrected chi connectivity index (χ3v) is 3.84. The first-order valence-corrected chi connectivity index (χ1v) is 6.55. The molecule has 19 heavy (non-hydrogen) atoms. The molecular formula is C14H20N2O3. The number of aliphatic hydroxyl groups is 1. The molecule has 0 heterocycles. The molecule has 1 aromatic carbocycles. The minimum absolute atomic E-state index is 0.0726. The fourth-order valence-corrected chi connectivity index (χ4v) is 2.84. The number of carboxylic acids is 1. The van der Waals surface area contributed by atoms with Gasteiger partial charge in [-0.2, -0.15) is 0 Å². The monoisotopic (exact) mass is 264 g/mol. The molecule has 104 valence electrons. The maximum Gasteiger partial charge on any atom is 0.337 e. The molecule has 0 aliphatic heterocycles. The smallest absolute Gasteiger partial charge is 0.337 e. The van der Waals surface area contributed by atoms with Crippen molar-refractivity contribution in [2.24, 2.45) is 0 Å². The van der Waals surface area contributed by atoms with Crippen LogP contribution in [0.3, 0.4) is 0 Å². The van der Waals surface area contributed by atoms with Crippen molar-refractivity contribution in [3.63, 3.8) is 0 Å². The van der Waals surface area contributed by atoms with E-state index < -0.39 is 12.1 Å². The first-order chi connectivity index (χ1) is 9.02. The lowest BCUT2D eigenvalue weighted by molar-refractivity contribution is 0.0695. The van der Waals surface area contributed by atoms with Gasteiger partial charge in [-0.25, -0.2) is 4.79 Å². The number of aliphatic hydroxyl groups excluding tert-OH is 1. The highest BCUT2D eigenvalue weighted by Crippen LogP contribution is 2.32. The van der Waals surface area contributed by atoms with Gasteiger partial charge in [0, 0.05) is 7.05 Å². The van der Waals surface area contributed by atoms with E-state index in [1.54, 1.807) is 25.2 Å². The highest BCUT2D eigenvalue weighted by atomic mass is 16.4. The topological polar surface area (TPSA) is 86.8 Å². The maximum absolute atomic E-state index is 11.3. The summed E-state index contributed by atoms with van der Waals surface area (Å²) in [5, 5.41) is 19.3. The van der Waals surface area contributed by atoms with Crippen LogP contribution in [0.25, 0.3) is 0 Å². The summed E-state index contributed by atoms with van der Waals surface area (Å²) in [7, 11) is 1.80. The van der Waals surface area contributed by atoms with Crippen molar-refractivity contribution in [3.05, 3.63) is 23.8 Å². The number of hydrogen-bond acceptors (Lipinski definition) is 4. The molecule has 0 amide bonds. The van der Waals surface area contributed by atoms with Gasteiger partial charge in [0.05, 0.1) is 29.1 Å². The standard InChI is InChI=1S/C14H20N2O3/c1-16(11-7-2-3-8-12(11)17)13-9(14(18)19)5-4-6-10(13)15/h4-6,11-12,17H,2-3,7-8,15H2,1H3,(H,18,19). The Morgan fingerprint density at radius 1 is 1.37 bits per heavy atom. The molecule has 1 saturated carbocycles. The molecule has 5 nitrogen and oxygen atoms in total. The SMILES string of the molecule is CN(c1c(N)cccc1C(=O)O)C1CCCCC1O. The van der Waals surface area contributed by atoms with E-state index in [-0.39, 0.29) is 11.6 Å².